The van der Waals surface area contributed by atoms with Crippen LogP contribution in [-0.2, 0) is 4.74 Å². The lowest BCUT2D eigenvalue weighted by Crippen LogP contribution is -2.57. The zero-order valence-corrected chi connectivity index (χ0v) is 11.0. The first-order chi connectivity index (χ1) is 7.46. The van der Waals surface area contributed by atoms with Gasteiger partial charge in [0, 0.05) is 24.1 Å². The molecule has 0 spiro atoms. The fourth-order valence-electron chi connectivity index (χ4n) is 2.17. The highest BCUT2D eigenvalue weighted by Crippen LogP contribution is 2.45. The molecular weight excluding hydrogens is 222 g/mol. The number of methoxy groups -OCH3 is 1. The molecule has 16 heavy (non-hydrogen) atoms. The minimum Gasteiger partial charge on any atom is -0.383 e. The van der Waals surface area contributed by atoms with Crippen LogP contribution in [0.4, 0.5) is 10.8 Å². The maximum absolute atomic E-state index is 5.73. The van der Waals surface area contributed by atoms with Crippen molar-refractivity contribution < 1.29 is 4.74 Å². The zero-order valence-electron chi connectivity index (χ0n) is 10.2. The average Bonchev–Trinajstić information content (AvgIpc) is 2.54. The largest absolute Gasteiger partial charge is 0.383 e. The van der Waals surface area contributed by atoms with E-state index in [1.54, 1.807) is 7.11 Å². The number of hydrogen-bond acceptors (Lipinski definition) is 5. The van der Waals surface area contributed by atoms with Gasteiger partial charge >= 0.3 is 0 Å². The number of rotatable bonds is 3. The predicted molar refractivity (Wildman–Crippen MR) is 67.9 cm³/mol. The number of anilines is 2. The fraction of sp³-hybridized carbons (Fsp3) is 0.727. The van der Waals surface area contributed by atoms with Crippen LogP contribution in [0.5, 0.6) is 0 Å². The first-order valence-electron chi connectivity index (χ1n) is 5.48. The molecule has 90 valence electrons. The number of ether oxygens (including phenoxy) is 1. The summed E-state index contributed by atoms with van der Waals surface area (Å²) in [5.41, 5.74) is 6.96. The van der Waals surface area contributed by atoms with Crippen molar-refractivity contribution in [2.24, 2.45) is 5.41 Å². The van der Waals surface area contributed by atoms with Crippen LogP contribution in [0.1, 0.15) is 25.8 Å². The van der Waals surface area contributed by atoms with Crippen LogP contribution in [0.2, 0.25) is 0 Å². The average molecular weight is 241 g/mol. The zero-order chi connectivity index (χ0) is 11.9. The molecule has 2 atom stereocenters. The maximum Gasteiger partial charge on any atom is 0.142 e. The summed E-state index contributed by atoms with van der Waals surface area (Å²) < 4.78 is 9.57. The van der Waals surface area contributed by atoms with E-state index >= 15 is 0 Å². The van der Waals surface area contributed by atoms with Gasteiger partial charge in [0.1, 0.15) is 10.8 Å². The summed E-state index contributed by atoms with van der Waals surface area (Å²) in [5.74, 6) is 0.632. The Kier molecular flexibility index (Phi) is 2.84. The lowest BCUT2D eigenvalue weighted by Gasteiger charge is -2.51. The molecule has 1 heterocycles. The molecule has 1 aromatic rings. The van der Waals surface area contributed by atoms with E-state index in [4.69, 9.17) is 10.5 Å². The van der Waals surface area contributed by atoms with Crippen LogP contribution in [0.3, 0.4) is 0 Å². The smallest absolute Gasteiger partial charge is 0.142 e. The standard InChI is InChI=1S/C11H19N3OS/c1-6-9(12)14-16-10(6)13-7-5-8(15-4)11(7,2)3/h7-8,13H,5H2,1-4H3,(H2,12,14). The Bertz CT molecular complexity index is 389. The topological polar surface area (TPSA) is 60.2 Å². The van der Waals surface area contributed by atoms with Crippen LogP contribution in [0.15, 0.2) is 0 Å². The molecule has 0 radical (unpaired) electrons. The van der Waals surface area contributed by atoms with Crippen molar-refractivity contribution in [3.05, 3.63) is 5.56 Å². The lowest BCUT2D eigenvalue weighted by molar-refractivity contribution is -0.0793. The summed E-state index contributed by atoms with van der Waals surface area (Å²) >= 11 is 1.44. The van der Waals surface area contributed by atoms with E-state index in [1.165, 1.54) is 11.5 Å². The number of nitrogen functional groups attached to an aromatic ring is 1. The van der Waals surface area contributed by atoms with Crippen molar-refractivity contribution >= 4 is 22.4 Å². The van der Waals surface area contributed by atoms with Crippen LogP contribution in [-0.4, -0.2) is 23.6 Å². The molecule has 4 nitrogen and oxygen atoms in total. The van der Waals surface area contributed by atoms with Gasteiger partial charge in [-0.2, -0.15) is 4.37 Å². The maximum atomic E-state index is 5.73. The number of nitrogens with two attached hydrogens (primary N) is 1. The van der Waals surface area contributed by atoms with E-state index in [9.17, 15) is 0 Å². The Morgan fingerprint density at radius 2 is 2.25 bits per heavy atom. The third-order valence-electron chi connectivity index (χ3n) is 3.73. The van der Waals surface area contributed by atoms with Gasteiger partial charge in [-0.3, -0.25) is 0 Å². The summed E-state index contributed by atoms with van der Waals surface area (Å²) in [5, 5.41) is 4.61. The molecule has 0 bridgehead atoms. The predicted octanol–water partition coefficient (Wildman–Crippen LogP) is 2.26. The second-order valence-corrected chi connectivity index (χ2v) is 5.77. The molecule has 1 aromatic heterocycles. The summed E-state index contributed by atoms with van der Waals surface area (Å²) in [4.78, 5) is 0. The molecule has 3 N–H and O–H groups in total. The number of hydrogen-bond donors (Lipinski definition) is 2. The molecule has 1 fully saturated rings. The van der Waals surface area contributed by atoms with E-state index in [2.05, 4.69) is 23.5 Å². The number of aromatic nitrogens is 1. The Morgan fingerprint density at radius 3 is 2.69 bits per heavy atom. The molecule has 2 rings (SSSR count). The Balaban J connectivity index is 2.05. The summed E-state index contributed by atoms with van der Waals surface area (Å²) in [6.45, 7) is 6.45. The lowest BCUT2D eigenvalue weighted by atomic mass is 9.64. The van der Waals surface area contributed by atoms with Gasteiger partial charge in [-0.25, -0.2) is 0 Å². The molecule has 0 aromatic carbocycles. The molecule has 1 aliphatic rings. The first kappa shape index (κ1) is 11.7. The highest BCUT2D eigenvalue weighted by Gasteiger charge is 2.48. The highest BCUT2D eigenvalue weighted by atomic mass is 32.1. The molecule has 2 unspecified atom stereocenters. The molecule has 5 heteroatoms. The quantitative estimate of drug-likeness (QED) is 0.852. The third kappa shape index (κ3) is 1.68. The van der Waals surface area contributed by atoms with Crippen molar-refractivity contribution in [1.82, 2.24) is 4.37 Å². The Hall–Kier alpha value is -0.810. The first-order valence-corrected chi connectivity index (χ1v) is 6.25. The van der Waals surface area contributed by atoms with E-state index < -0.39 is 0 Å². The summed E-state index contributed by atoms with van der Waals surface area (Å²) in [6.07, 6.45) is 1.39. The van der Waals surface area contributed by atoms with Gasteiger partial charge in [-0.15, -0.1) is 0 Å². The van der Waals surface area contributed by atoms with Crippen LogP contribution >= 0.6 is 11.5 Å². The SMILES string of the molecule is COC1CC(Nc2snc(N)c2C)C1(C)C. The Labute approximate surface area is 100 Å². The van der Waals surface area contributed by atoms with Crippen molar-refractivity contribution in [3.8, 4) is 0 Å². The summed E-state index contributed by atoms with van der Waals surface area (Å²) in [6, 6.07) is 0.441. The minimum atomic E-state index is 0.167. The number of nitrogens with one attached hydrogen (secondary N) is 1. The molecule has 1 aliphatic carbocycles. The molecule has 0 aliphatic heterocycles. The normalized spacial score (nSPS) is 27.5. The minimum absolute atomic E-state index is 0.167. The van der Waals surface area contributed by atoms with Crippen LogP contribution in [0, 0.1) is 12.3 Å². The molecular formula is C11H19N3OS. The Morgan fingerprint density at radius 1 is 1.56 bits per heavy atom. The van der Waals surface area contributed by atoms with Gasteiger partial charge in [0.25, 0.3) is 0 Å². The molecule has 0 saturated heterocycles. The second kappa shape index (κ2) is 3.89. The van der Waals surface area contributed by atoms with Crippen LogP contribution in [0.25, 0.3) is 0 Å². The van der Waals surface area contributed by atoms with Gasteiger partial charge in [0.15, 0.2) is 0 Å². The van der Waals surface area contributed by atoms with E-state index in [0.717, 1.165) is 17.0 Å². The van der Waals surface area contributed by atoms with Crippen molar-refractivity contribution in [3.63, 3.8) is 0 Å². The van der Waals surface area contributed by atoms with Crippen molar-refractivity contribution in [1.29, 1.82) is 0 Å². The second-order valence-electron chi connectivity index (χ2n) is 5.00. The van der Waals surface area contributed by atoms with Crippen molar-refractivity contribution in [2.45, 2.75) is 39.3 Å². The summed E-state index contributed by atoms with van der Waals surface area (Å²) in [7, 11) is 1.78. The van der Waals surface area contributed by atoms with E-state index in [1.807, 2.05) is 6.92 Å². The number of nitrogens with zero attached hydrogens (tertiary/aromatic N) is 1. The van der Waals surface area contributed by atoms with E-state index in [0.29, 0.717) is 18.0 Å². The van der Waals surface area contributed by atoms with Gasteiger partial charge in [0.2, 0.25) is 0 Å². The van der Waals surface area contributed by atoms with Crippen molar-refractivity contribution in [2.75, 3.05) is 18.2 Å². The molecule has 1 saturated carbocycles. The highest BCUT2D eigenvalue weighted by molar-refractivity contribution is 7.10. The van der Waals surface area contributed by atoms with Crippen LogP contribution < -0.4 is 11.1 Å². The van der Waals surface area contributed by atoms with Gasteiger partial charge in [-0.05, 0) is 24.9 Å². The van der Waals surface area contributed by atoms with E-state index in [-0.39, 0.29) is 5.41 Å². The van der Waals surface area contributed by atoms with Gasteiger partial charge < -0.3 is 15.8 Å². The fourth-order valence-corrected chi connectivity index (χ4v) is 2.93. The van der Waals surface area contributed by atoms with Gasteiger partial charge in [0.05, 0.1) is 6.10 Å². The third-order valence-corrected chi connectivity index (χ3v) is 4.62. The monoisotopic (exact) mass is 241 g/mol. The molecule has 0 amide bonds. The van der Waals surface area contributed by atoms with Gasteiger partial charge in [-0.1, -0.05) is 13.8 Å².